The molecule has 3 aromatic rings. The van der Waals surface area contributed by atoms with Crippen LogP contribution in [0.2, 0.25) is 10.0 Å². The smallest absolute Gasteiger partial charge is 0.320 e. The van der Waals surface area contributed by atoms with Crippen molar-refractivity contribution in [2.24, 2.45) is 5.73 Å². The summed E-state index contributed by atoms with van der Waals surface area (Å²) in [5.41, 5.74) is 8.82. The highest BCUT2D eigenvalue weighted by Gasteiger charge is 2.16. The van der Waals surface area contributed by atoms with E-state index in [1.807, 2.05) is 48.5 Å². The molecule has 0 amide bonds. The minimum atomic E-state index is -1.10. The van der Waals surface area contributed by atoms with Crippen molar-refractivity contribution in [2.45, 2.75) is 19.1 Å². The summed E-state index contributed by atoms with van der Waals surface area (Å²) < 4.78 is 11.3. The lowest BCUT2D eigenvalue weighted by Crippen LogP contribution is -2.32. The first-order valence-electron chi connectivity index (χ1n) is 10.4. The molecule has 3 rings (SSSR count). The first kappa shape index (κ1) is 25.3. The second kappa shape index (κ2) is 12.2. The van der Waals surface area contributed by atoms with Gasteiger partial charge in [0.15, 0.2) is 5.75 Å². The van der Waals surface area contributed by atoms with E-state index in [1.165, 1.54) is 0 Å². The summed E-state index contributed by atoms with van der Waals surface area (Å²) in [6, 6.07) is 17.6. The second-order valence-electron chi connectivity index (χ2n) is 7.42. The number of ether oxygens (including phenoxy) is 2. The number of benzene rings is 3. The standard InChI is InChI=1S/C26H24Cl2N2O4/c1-33-21-11-19(10-20(15-21)30-9-5-8-17-6-3-2-4-7-17)16-34-25-22(27)12-18(13-23(25)28)14-24(29)26(31)32/h2-4,6-7,10-13,15,24,30H,9,14,16,29H2,1H3,(H,31,32). The molecular formula is C26H24Cl2N2O4. The number of aliphatic carboxylic acids is 1. The topological polar surface area (TPSA) is 93.8 Å². The number of methoxy groups -OCH3 is 1. The first-order chi connectivity index (χ1) is 16.4. The predicted octanol–water partition coefficient (Wildman–Crippen LogP) is 5.00. The van der Waals surface area contributed by atoms with Gasteiger partial charge in [0, 0.05) is 17.3 Å². The van der Waals surface area contributed by atoms with Gasteiger partial charge in [0.2, 0.25) is 0 Å². The van der Waals surface area contributed by atoms with Gasteiger partial charge in [-0.3, -0.25) is 4.79 Å². The second-order valence-corrected chi connectivity index (χ2v) is 8.23. The Labute approximate surface area is 208 Å². The van der Waals surface area contributed by atoms with Crippen molar-refractivity contribution in [3.63, 3.8) is 0 Å². The normalized spacial score (nSPS) is 11.2. The number of halogens is 2. The minimum absolute atomic E-state index is 0.104. The fourth-order valence-electron chi connectivity index (χ4n) is 3.14. The highest BCUT2D eigenvalue weighted by molar-refractivity contribution is 6.37. The van der Waals surface area contributed by atoms with Gasteiger partial charge in [-0.1, -0.05) is 53.2 Å². The van der Waals surface area contributed by atoms with Gasteiger partial charge in [-0.05, 0) is 53.9 Å². The molecule has 34 heavy (non-hydrogen) atoms. The molecule has 0 radical (unpaired) electrons. The number of carboxylic acids is 1. The van der Waals surface area contributed by atoms with Crippen LogP contribution in [0.15, 0.2) is 60.7 Å². The van der Waals surface area contributed by atoms with Crippen LogP contribution >= 0.6 is 23.2 Å². The Kier molecular flexibility index (Phi) is 9.06. The molecule has 0 aliphatic heterocycles. The third-order valence-corrected chi connectivity index (χ3v) is 5.36. The number of hydrogen-bond acceptors (Lipinski definition) is 5. The van der Waals surface area contributed by atoms with Crippen molar-refractivity contribution in [1.29, 1.82) is 0 Å². The summed E-state index contributed by atoms with van der Waals surface area (Å²) in [6.07, 6.45) is 0.104. The molecule has 8 heteroatoms. The SMILES string of the molecule is COc1cc(COc2c(Cl)cc(CC(N)C(=O)O)cc2Cl)cc(NCC#Cc2ccccc2)c1. The van der Waals surface area contributed by atoms with Crippen LogP contribution in [0.25, 0.3) is 0 Å². The molecule has 0 heterocycles. The molecule has 1 atom stereocenters. The maximum Gasteiger partial charge on any atom is 0.320 e. The quantitative estimate of drug-likeness (QED) is 0.359. The molecule has 0 bridgehead atoms. The lowest BCUT2D eigenvalue weighted by molar-refractivity contribution is -0.138. The molecular weight excluding hydrogens is 475 g/mol. The summed E-state index contributed by atoms with van der Waals surface area (Å²) in [7, 11) is 1.59. The van der Waals surface area contributed by atoms with E-state index in [1.54, 1.807) is 19.2 Å². The van der Waals surface area contributed by atoms with E-state index < -0.39 is 12.0 Å². The Hall–Kier alpha value is -3.37. The molecule has 0 aliphatic rings. The molecule has 0 spiro atoms. The van der Waals surface area contributed by atoms with Gasteiger partial charge in [0.1, 0.15) is 18.4 Å². The number of hydrogen-bond donors (Lipinski definition) is 3. The summed E-state index contributed by atoms with van der Waals surface area (Å²) in [5.74, 6) is 6.07. The van der Waals surface area contributed by atoms with Crippen molar-refractivity contribution >= 4 is 34.9 Å². The summed E-state index contributed by atoms with van der Waals surface area (Å²) in [4.78, 5) is 11.0. The van der Waals surface area contributed by atoms with E-state index in [9.17, 15) is 4.79 Å². The number of nitrogens with two attached hydrogens (primary N) is 1. The van der Waals surface area contributed by atoms with Gasteiger partial charge in [0.25, 0.3) is 0 Å². The van der Waals surface area contributed by atoms with E-state index in [-0.39, 0.29) is 23.1 Å². The van der Waals surface area contributed by atoms with Crippen LogP contribution in [0.1, 0.15) is 16.7 Å². The summed E-state index contributed by atoms with van der Waals surface area (Å²) in [5, 5.41) is 12.8. The molecule has 0 saturated carbocycles. The van der Waals surface area contributed by atoms with Crippen LogP contribution in [-0.4, -0.2) is 30.8 Å². The molecule has 4 N–H and O–H groups in total. The molecule has 3 aromatic carbocycles. The third-order valence-electron chi connectivity index (χ3n) is 4.80. The van der Waals surface area contributed by atoms with Crippen LogP contribution < -0.4 is 20.5 Å². The van der Waals surface area contributed by atoms with Gasteiger partial charge < -0.3 is 25.6 Å². The molecule has 6 nitrogen and oxygen atoms in total. The van der Waals surface area contributed by atoms with E-state index in [0.717, 1.165) is 16.8 Å². The van der Waals surface area contributed by atoms with Gasteiger partial charge in [-0.2, -0.15) is 0 Å². The zero-order chi connectivity index (χ0) is 24.5. The van der Waals surface area contributed by atoms with Crippen LogP contribution in [0, 0.1) is 11.8 Å². The van der Waals surface area contributed by atoms with Crippen LogP contribution in [0.3, 0.4) is 0 Å². The monoisotopic (exact) mass is 498 g/mol. The lowest BCUT2D eigenvalue weighted by atomic mass is 10.1. The van der Waals surface area contributed by atoms with Gasteiger partial charge in [-0.25, -0.2) is 0 Å². The van der Waals surface area contributed by atoms with Gasteiger partial charge in [-0.15, -0.1) is 0 Å². The van der Waals surface area contributed by atoms with Crippen molar-refractivity contribution < 1.29 is 19.4 Å². The highest BCUT2D eigenvalue weighted by Crippen LogP contribution is 2.35. The minimum Gasteiger partial charge on any atom is -0.497 e. The molecule has 0 saturated heterocycles. The average molecular weight is 499 g/mol. The highest BCUT2D eigenvalue weighted by atomic mass is 35.5. The molecule has 1 unspecified atom stereocenters. The van der Waals surface area contributed by atoms with Crippen molar-refractivity contribution in [3.05, 3.63) is 87.4 Å². The average Bonchev–Trinajstić information content (AvgIpc) is 2.81. The van der Waals surface area contributed by atoms with E-state index in [2.05, 4.69) is 17.2 Å². The predicted molar refractivity (Wildman–Crippen MR) is 135 cm³/mol. The third kappa shape index (κ3) is 7.32. The zero-order valence-electron chi connectivity index (χ0n) is 18.5. The fraction of sp³-hybridized carbons (Fsp3) is 0.192. The Bertz CT molecular complexity index is 1180. The molecule has 176 valence electrons. The van der Waals surface area contributed by atoms with Crippen molar-refractivity contribution in [2.75, 3.05) is 19.0 Å². The van der Waals surface area contributed by atoms with Crippen LogP contribution in [0.4, 0.5) is 5.69 Å². The Morgan fingerprint density at radius 1 is 1.09 bits per heavy atom. The van der Waals surface area contributed by atoms with E-state index in [0.29, 0.717) is 23.6 Å². The summed E-state index contributed by atoms with van der Waals surface area (Å²) >= 11 is 12.7. The Balaban J connectivity index is 1.67. The van der Waals surface area contributed by atoms with E-state index in [4.69, 9.17) is 43.5 Å². The van der Waals surface area contributed by atoms with E-state index >= 15 is 0 Å². The first-order valence-corrected chi connectivity index (χ1v) is 11.2. The van der Waals surface area contributed by atoms with Crippen LogP contribution in [0.5, 0.6) is 11.5 Å². The maximum atomic E-state index is 11.0. The van der Waals surface area contributed by atoms with Crippen molar-refractivity contribution in [1.82, 2.24) is 0 Å². The number of anilines is 1. The number of rotatable bonds is 9. The molecule has 0 aromatic heterocycles. The summed E-state index contributed by atoms with van der Waals surface area (Å²) in [6.45, 7) is 0.648. The lowest BCUT2D eigenvalue weighted by Gasteiger charge is -2.14. The zero-order valence-corrected chi connectivity index (χ0v) is 20.0. The number of nitrogens with one attached hydrogen (secondary N) is 1. The fourth-order valence-corrected chi connectivity index (χ4v) is 3.78. The Morgan fingerprint density at radius 2 is 1.79 bits per heavy atom. The number of carboxylic acid groups (broad SMARTS) is 1. The Morgan fingerprint density at radius 3 is 2.44 bits per heavy atom. The van der Waals surface area contributed by atoms with Crippen LogP contribution in [-0.2, 0) is 17.8 Å². The van der Waals surface area contributed by atoms with Gasteiger partial charge in [0.05, 0.1) is 23.7 Å². The molecule has 0 fully saturated rings. The maximum absolute atomic E-state index is 11.0. The molecule has 0 aliphatic carbocycles. The number of carbonyl (C=O) groups is 1. The largest absolute Gasteiger partial charge is 0.497 e. The van der Waals surface area contributed by atoms with Gasteiger partial charge >= 0.3 is 5.97 Å². The van der Waals surface area contributed by atoms with Crippen molar-refractivity contribution in [3.8, 4) is 23.3 Å².